The van der Waals surface area contributed by atoms with Gasteiger partial charge in [-0.2, -0.15) is 0 Å². The van der Waals surface area contributed by atoms with Crippen molar-refractivity contribution < 1.29 is 5.21 Å². The van der Waals surface area contributed by atoms with Crippen molar-refractivity contribution in [3.8, 4) is 0 Å². The second-order valence-corrected chi connectivity index (χ2v) is 4.23. The Kier molecular flexibility index (Phi) is 4.20. The number of amidine groups is 1. The van der Waals surface area contributed by atoms with Gasteiger partial charge in [-0.1, -0.05) is 25.4 Å². The van der Waals surface area contributed by atoms with E-state index in [0.717, 1.165) is 12.5 Å². The van der Waals surface area contributed by atoms with Gasteiger partial charge in [0.25, 0.3) is 0 Å². The summed E-state index contributed by atoms with van der Waals surface area (Å²) in [6.45, 7) is 4.98. The van der Waals surface area contributed by atoms with Crippen molar-refractivity contribution in [1.82, 2.24) is 5.32 Å². The van der Waals surface area contributed by atoms with E-state index >= 15 is 0 Å². The largest absolute Gasteiger partial charge is 0.409 e. The SMILES string of the molecule is CCCC1CC1NCC(C)C(N)=NO. The first kappa shape index (κ1) is 11.3. The van der Waals surface area contributed by atoms with Gasteiger partial charge in [0.15, 0.2) is 0 Å². The van der Waals surface area contributed by atoms with Gasteiger partial charge in [0, 0.05) is 18.5 Å². The Morgan fingerprint density at radius 1 is 1.71 bits per heavy atom. The third-order valence-corrected chi connectivity index (χ3v) is 2.89. The van der Waals surface area contributed by atoms with E-state index in [4.69, 9.17) is 10.9 Å². The predicted octanol–water partition coefficient (Wildman–Crippen LogP) is 1.15. The molecule has 0 aliphatic heterocycles. The van der Waals surface area contributed by atoms with Gasteiger partial charge in [-0.25, -0.2) is 0 Å². The monoisotopic (exact) mass is 199 g/mol. The molecule has 0 aromatic heterocycles. The number of nitrogens with two attached hydrogens (primary N) is 1. The summed E-state index contributed by atoms with van der Waals surface area (Å²) >= 11 is 0. The topological polar surface area (TPSA) is 70.6 Å². The summed E-state index contributed by atoms with van der Waals surface area (Å²) in [5.41, 5.74) is 5.48. The van der Waals surface area contributed by atoms with Crippen LogP contribution in [0.4, 0.5) is 0 Å². The minimum absolute atomic E-state index is 0.114. The predicted molar refractivity (Wildman–Crippen MR) is 57.4 cm³/mol. The van der Waals surface area contributed by atoms with Crippen LogP contribution >= 0.6 is 0 Å². The van der Waals surface area contributed by atoms with E-state index in [1.54, 1.807) is 0 Å². The van der Waals surface area contributed by atoms with Crippen LogP contribution in [-0.4, -0.2) is 23.6 Å². The lowest BCUT2D eigenvalue weighted by atomic mass is 10.1. The van der Waals surface area contributed by atoms with Crippen molar-refractivity contribution in [3.63, 3.8) is 0 Å². The molecule has 0 heterocycles. The lowest BCUT2D eigenvalue weighted by Crippen LogP contribution is -2.32. The molecule has 0 saturated heterocycles. The molecular formula is C10H21N3O. The molecule has 1 aliphatic rings. The third-order valence-electron chi connectivity index (χ3n) is 2.89. The average Bonchev–Trinajstić information content (AvgIpc) is 2.92. The van der Waals surface area contributed by atoms with E-state index in [-0.39, 0.29) is 5.92 Å². The van der Waals surface area contributed by atoms with E-state index in [1.807, 2.05) is 6.92 Å². The summed E-state index contributed by atoms with van der Waals surface area (Å²) in [4.78, 5) is 0. The molecule has 4 nitrogen and oxygen atoms in total. The van der Waals surface area contributed by atoms with Crippen LogP contribution in [0.3, 0.4) is 0 Å². The lowest BCUT2D eigenvalue weighted by molar-refractivity contribution is 0.314. The maximum atomic E-state index is 8.46. The zero-order chi connectivity index (χ0) is 10.6. The maximum absolute atomic E-state index is 8.46. The minimum Gasteiger partial charge on any atom is -0.409 e. The molecule has 0 amide bonds. The molecule has 14 heavy (non-hydrogen) atoms. The number of hydrogen-bond acceptors (Lipinski definition) is 3. The van der Waals surface area contributed by atoms with Crippen LogP contribution in [0.2, 0.25) is 0 Å². The molecule has 3 unspecified atom stereocenters. The first-order valence-electron chi connectivity index (χ1n) is 5.39. The summed E-state index contributed by atoms with van der Waals surface area (Å²) in [7, 11) is 0. The van der Waals surface area contributed by atoms with Crippen molar-refractivity contribution in [1.29, 1.82) is 0 Å². The van der Waals surface area contributed by atoms with Gasteiger partial charge in [-0.05, 0) is 18.8 Å². The quantitative estimate of drug-likeness (QED) is 0.260. The molecule has 0 bridgehead atoms. The van der Waals surface area contributed by atoms with Gasteiger partial charge >= 0.3 is 0 Å². The van der Waals surface area contributed by atoms with Crippen LogP contribution in [0.5, 0.6) is 0 Å². The fourth-order valence-electron chi connectivity index (χ4n) is 1.72. The van der Waals surface area contributed by atoms with Gasteiger partial charge < -0.3 is 16.3 Å². The molecule has 1 aliphatic carbocycles. The number of hydrogen-bond donors (Lipinski definition) is 3. The van der Waals surface area contributed by atoms with Gasteiger partial charge in [0.2, 0.25) is 0 Å². The van der Waals surface area contributed by atoms with Crippen molar-refractivity contribution >= 4 is 5.84 Å². The minimum atomic E-state index is 0.114. The first-order chi connectivity index (χ1) is 6.69. The highest BCUT2D eigenvalue weighted by Gasteiger charge is 2.35. The van der Waals surface area contributed by atoms with E-state index in [1.165, 1.54) is 19.3 Å². The van der Waals surface area contributed by atoms with Gasteiger partial charge in [0.1, 0.15) is 5.84 Å². The van der Waals surface area contributed by atoms with Crippen molar-refractivity contribution in [2.75, 3.05) is 6.54 Å². The number of rotatable bonds is 6. The molecule has 4 N–H and O–H groups in total. The summed E-state index contributed by atoms with van der Waals surface area (Å²) in [5, 5.41) is 14.9. The van der Waals surface area contributed by atoms with Gasteiger partial charge in [-0.15, -0.1) is 0 Å². The fraction of sp³-hybridized carbons (Fsp3) is 0.900. The van der Waals surface area contributed by atoms with Gasteiger partial charge in [-0.3, -0.25) is 0 Å². The van der Waals surface area contributed by atoms with Crippen molar-refractivity contribution in [2.45, 2.75) is 39.2 Å². The van der Waals surface area contributed by atoms with E-state index in [0.29, 0.717) is 11.9 Å². The molecule has 0 aromatic rings. The summed E-state index contributed by atoms with van der Waals surface area (Å²) in [6, 6.07) is 0.670. The summed E-state index contributed by atoms with van der Waals surface area (Å²) in [6.07, 6.45) is 3.87. The second kappa shape index (κ2) is 5.20. The standard InChI is InChI=1S/C10H21N3O/c1-3-4-8-5-9(8)12-6-7(2)10(11)13-14/h7-9,12,14H,3-6H2,1-2H3,(H2,11,13). The van der Waals surface area contributed by atoms with Crippen molar-refractivity contribution in [3.05, 3.63) is 0 Å². The fourth-order valence-corrected chi connectivity index (χ4v) is 1.72. The Hall–Kier alpha value is -0.770. The average molecular weight is 199 g/mol. The highest BCUT2D eigenvalue weighted by Crippen LogP contribution is 2.34. The smallest absolute Gasteiger partial charge is 0.143 e. The molecule has 0 aromatic carbocycles. The number of nitrogens with one attached hydrogen (secondary N) is 1. The molecule has 1 rings (SSSR count). The third kappa shape index (κ3) is 3.18. The normalized spacial score (nSPS) is 28.9. The Morgan fingerprint density at radius 2 is 2.43 bits per heavy atom. The van der Waals surface area contributed by atoms with E-state index in [2.05, 4.69) is 17.4 Å². The van der Waals surface area contributed by atoms with Crippen LogP contribution in [0.1, 0.15) is 33.1 Å². The van der Waals surface area contributed by atoms with Crippen LogP contribution in [0, 0.1) is 11.8 Å². The second-order valence-electron chi connectivity index (χ2n) is 4.23. The van der Waals surface area contributed by atoms with Gasteiger partial charge in [0.05, 0.1) is 0 Å². The summed E-state index contributed by atoms with van der Waals surface area (Å²) in [5.74, 6) is 1.28. The highest BCUT2D eigenvalue weighted by atomic mass is 16.4. The highest BCUT2D eigenvalue weighted by molar-refractivity contribution is 5.82. The Bertz CT molecular complexity index is 206. The molecular weight excluding hydrogens is 178 g/mol. The zero-order valence-corrected chi connectivity index (χ0v) is 9.03. The molecule has 3 atom stereocenters. The number of nitrogens with zero attached hydrogens (tertiary/aromatic N) is 1. The zero-order valence-electron chi connectivity index (χ0n) is 9.03. The van der Waals surface area contributed by atoms with Crippen LogP contribution in [0.15, 0.2) is 5.16 Å². The molecule has 82 valence electrons. The van der Waals surface area contributed by atoms with Crippen LogP contribution in [0.25, 0.3) is 0 Å². The Morgan fingerprint density at radius 3 is 3.00 bits per heavy atom. The molecule has 1 fully saturated rings. The first-order valence-corrected chi connectivity index (χ1v) is 5.39. The van der Waals surface area contributed by atoms with Crippen LogP contribution < -0.4 is 11.1 Å². The molecule has 0 spiro atoms. The maximum Gasteiger partial charge on any atom is 0.143 e. The molecule has 0 radical (unpaired) electrons. The molecule has 4 heteroatoms. The Balaban J connectivity index is 2.11. The van der Waals surface area contributed by atoms with E-state index in [9.17, 15) is 0 Å². The Labute approximate surface area is 85.6 Å². The molecule has 1 saturated carbocycles. The summed E-state index contributed by atoms with van der Waals surface area (Å²) < 4.78 is 0. The van der Waals surface area contributed by atoms with Crippen molar-refractivity contribution in [2.24, 2.45) is 22.7 Å². The van der Waals surface area contributed by atoms with Crippen LogP contribution in [-0.2, 0) is 0 Å². The van der Waals surface area contributed by atoms with E-state index < -0.39 is 0 Å². The lowest BCUT2D eigenvalue weighted by Gasteiger charge is -2.10. The number of oxime groups is 1.